The summed E-state index contributed by atoms with van der Waals surface area (Å²) in [6, 6.07) is 15.5. The Kier molecular flexibility index (Phi) is 5.78. The second-order valence-corrected chi connectivity index (χ2v) is 5.85. The van der Waals surface area contributed by atoms with Crippen molar-refractivity contribution >= 4 is 27.9 Å². The monoisotopic (exact) mass is 359 g/mol. The average molecular weight is 360 g/mol. The highest BCUT2D eigenvalue weighted by Crippen LogP contribution is 2.15. The van der Waals surface area contributed by atoms with Crippen molar-refractivity contribution in [2.24, 2.45) is 0 Å². The minimum atomic E-state index is -0.0391. The first-order valence-corrected chi connectivity index (χ1v) is 7.69. The molecule has 0 heterocycles. The van der Waals surface area contributed by atoms with E-state index >= 15 is 0 Å². The molecule has 0 saturated heterocycles. The van der Waals surface area contributed by atoms with E-state index in [1.165, 1.54) is 0 Å². The van der Waals surface area contributed by atoms with E-state index in [4.69, 9.17) is 4.74 Å². The molecule has 0 aromatic heterocycles. The van der Waals surface area contributed by atoms with Crippen molar-refractivity contribution in [3.63, 3.8) is 0 Å². The summed E-state index contributed by atoms with van der Waals surface area (Å²) in [4.78, 5) is 13.8. The van der Waals surface area contributed by atoms with Crippen LogP contribution in [0.2, 0.25) is 0 Å². The number of benzene rings is 2. The maximum absolute atomic E-state index is 12.2. The van der Waals surface area contributed by atoms with Crippen molar-refractivity contribution in [1.29, 1.82) is 0 Å². The first kappa shape index (κ1) is 16.3. The fraction of sp³-hybridized carbons (Fsp3) is 0.167. The SMILES string of the molecule is COc1cccc(CN(C)C(=O)C=Cc2cccc(Br)c2)c1. The van der Waals surface area contributed by atoms with Crippen LogP contribution in [-0.4, -0.2) is 25.0 Å². The summed E-state index contributed by atoms with van der Waals surface area (Å²) >= 11 is 3.41. The number of carbonyl (C=O) groups is 1. The Labute approximate surface area is 139 Å². The molecule has 0 unspecified atom stereocenters. The lowest BCUT2D eigenvalue weighted by molar-refractivity contribution is -0.125. The summed E-state index contributed by atoms with van der Waals surface area (Å²) in [6.07, 6.45) is 3.40. The molecule has 4 heteroatoms. The van der Waals surface area contributed by atoms with Gasteiger partial charge in [-0.05, 0) is 41.5 Å². The molecule has 1 amide bonds. The number of methoxy groups -OCH3 is 1. The summed E-state index contributed by atoms with van der Waals surface area (Å²) in [5.41, 5.74) is 2.02. The first-order valence-electron chi connectivity index (χ1n) is 6.90. The maximum Gasteiger partial charge on any atom is 0.246 e. The van der Waals surface area contributed by atoms with Gasteiger partial charge in [-0.25, -0.2) is 0 Å². The summed E-state index contributed by atoms with van der Waals surface area (Å²) in [5, 5.41) is 0. The number of rotatable bonds is 5. The van der Waals surface area contributed by atoms with Gasteiger partial charge in [0.2, 0.25) is 5.91 Å². The second kappa shape index (κ2) is 7.80. The molecule has 0 atom stereocenters. The molecule has 114 valence electrons. The Balaban J connectivity index is 1.99. The van der Waals surface area contributed by atoms with Gasteiger partial charge in [0, 0.05) is 24.1 Å². The van der Waals surface area contributed by atoms with Gasteiger partial charge in [-0.3, -0.25) is 4.79 Å². The van der Waals surface area contributed by atoms with Crippen molar-refractivity contribution in [2.75, 3.05) is 14.2 Å². The molecule has 0 N–H and O–H groups in total. The van der Waals surface area contributed by atoms with Crippen LogP contribution in [0.4, 0.5) is 0 Å². The molecule has 0 fully saturated rings. The van der Waals surface area contributed by atoms with Crippen LogP contribution in [0.1, 0.15) is 11.1 Å². The number of hydrogen-bond donors (Lipinski definition) is 0. The Morgan fingerprint density at radius 1 is 1.23 bits per heavy atom. The van der Waals surface area contributed by atoms with E-state index in [-0.39, 0.29) is 5.91 Å². The van der Waals surface area contributed by atoms with Crippen molar-refractivity contribution < 1.29 is 9.53 Å². The van der Waals surface area contributed by atoms with Gasteiger partial charge in [-0.1, -0.05) is 40.2 Å². The van der Waals surface area contributed by atoms with Crippen LogP contribution in [0.15, 0.2) is 59.1 Å². The number of likely N-dealkylation sites (N-methyl/N-ethyl adjacent to an activating group) is 1. The Morgan fingerprint density at radius 3 is 2.73 bits per heavy atom. The van der Waals surface area contributed by atoms with Gasteiger partial charge in [0.25, 0.3) is 0 Å². The van der Waals surface area contributed by atoms with Crippen molar-refractivity contribution in [2.45, 2.75) is 6.54 Å². The standard InChI is InChI=1S/C18H18BrNO2/c1-20(13-15-6-4-8-17(12-15)22-2)18(21)10-9-14-5-3-7-16(19)11-14/h3-12H,13H2,1-2H3. The van der Waals surface area contributed by atoms with Crippen LogP contribution in [0, 0.1) is 0 Å². The number of hydrogen-bond acceptors (Lipinski definition) is 2. The number of carbonyl (C=O) groups excluding carboxylic acids is 1. The third-order valence-electron chi connectivity index (χ3n) is 3.20. The zero-order chi connectivity index (χ0) is 15.9. The molecule has 3 nitrogen and oxygen atoms in total. The van der Waals surface area contributed by atoms with Crippen molar-refractivity contribution in [3.8, 4) is 5.75 Å². The summed E-state index contributed by atoms with van der Waals surface area (Å²) < 4.78 is 6.18. The minimum Gasteiger partial charge on any atom is -0.497 e. The Morgan fingerprint density at radius 2 is 2.00 bits per heavy atom. The third-order valence-corrected chi connectivity index (χ3v) is 3.69. The van der Waals surface area contributed by atoms with Crippen LogP contribution in [-0.2, 0) is 11.3 Å². The second-order valence-electron chi connectivity index (χ2n) is 4.93. The van der Waals surface area contributed by atoms with Crippen LogP contribution >= 0.6 is 15.9 Å². The van der Waals surface area contributed by atoms with Crippen molar-refractivity contribution in [3.05, 3.63) is 70.2 Å². The highest BCUT2D eigenvalue weighted by Gasteiger charge is 2.06. The summed E-state index contributed by atoms with van der Waals surface area (Å²) in [7, 11) is 3.42. The van der Waals surface area contributed by atoms with Crippen molar-refractivity contribution in [1.82, 2.24) is 4.90 Å². The number of nitrogens with zero attached hydrogens (tertiary/aromatic N) is 1. The lowest BCUT2D eigenvalue weighted by Gasteiger charge is -2.15. The maximum atomic E-state index is 12.2. The molecule has 22 heavy (non-hydrogen) atoms. The fourth-order valence-corrected chi connectivity index (χ4v) is 2.44. The molecule has 0 spiro atoms. The Bertz CT molecular complexity index is 682. The molecule has 2 aromatic rings. The largest absolute Gasteiger partial charge is 0.497 e. The predicted octanol–water partition coefficient (Wildman–Crippen LogP) is 4.13. The number of amides is 1. The van der Waals surface area contributed by atoms with Gasteiger partial charge >= 0.3 is 0 Å². The molecule has 0 aliphatic rings. The molecule has 2 rings (SSSR count). The van der Waals surface area contributed by atoms with E-state index in [0.717, 1.165) is 21.3 Å². The summed E-state index contributed by atoms with van der Waals surface area (Å²) in [6.45, 7) is 0.541. The van der Waals surface area contributed by atoms with Crippen LogP contribution < -0.4 is 4.74 Å². The molecular weight excluding hydrogens is 342 g/mol. The van der Waals surface area contributed by atoms with Gasteiger partial charge in [-0.2, -0.15) is 0 Å². The first-order chi connectivity index (χ1) is 10.6. The minimum absolute atomic E-state index is 0.0391. The Hall–Kier alpha value is -2.07. The summed E-state index contributed by atoms with van der Waals surface area (Å²) in [5.74, 6) is 0.755. The molecule has 0 bridgehead atoms. The van der Waals surface area contributed by atoms with E-state index in [2.05, 4.69) is 15.9 Å². The fourth-order valence-electron chi connectivity index (χ4n) is 2.03. The van der Waals surface area contributed by atoms with E-state index in [1.807, 2.05) is 54.6 Å². The van der Waals surface area contributed by atoms with Gasteiger partial charge < -0.3 is 9.64 Å². The quantitative estimate of drug-likeness (QED) is 0.751. The van der Waals surface area contributed by atoms with Crippen LogP contribution in [0.3, 0.4) is 0 Å². The molecule has 0 saturated carbocycles. The topological polar surface area (TPSA) is 29.5 Å². The molecule has 0 aliphatic heterocycles. The molecule has 2 aromatic carbocycles. The van der Waals surface area contributed by atoms with Gasteiger partial charge in [0.15, 0.2) is 0 Å². The van der Waals surface area contributed by atoms with E-state index in [1.54, 1.807) is 25.1 Å². The van der Waals surface area contributed by atoms with Crippen LogP contribution in [0.25, 0.3) is 6.08 Å². The molecule has 0 radical (unpaired) electrons. The van der Waals surface area contributed by atoms with E-state index in [9.17, 15) is 4.79 Å². The zero-order valence-corrected chi connectivity index (χ0v) is 14.2. The van der Waals surface area contributed by atoms with E-state index < -0.39 is 0 Å². The third kappa shape index (κ3) is 4.74. The number of halogens is 1. The lowest BCUT2D eigenvalue weighted by atomic mass is 10.2. The van der Waals surface area contributed by atoms with Gasteiger partial charge in [0.1, 0.15) is 5.75 Å². The zero-order valence-electron chi connectivity index (χ0n) is 12.6. The average Bonchev–Trinajstić information content (AvgIpc) is 2.52. The van der Waals surface area contributed by atoms with Crippen LogP contribution in [0.5, 0.6) is 5.75 Å². The van der Waals surface area contributed by atoms with Gasteiger partial charge in [-0.15, -0.1) is 0 Å². The predicted molar refractivity (Wildman–Crippen MR) is 92.6 cm³/mol. The molecular formula is C18H18BrNO2. The highest BCUT2D eigenvalue weighted by molar-refractivity contribution is 9.10. The number of ether oxygens (including phenoxy) is 1. The normalized spacial score (nSPS) is 10.7. The molecule has 0 aliphatic carbocycles. The highest BCUT2D eigenvalue weighted by atomic mass is 79.9. The lowest BCUT2D eigenvalue weighted by Crippen LogP contribution is -2.24. The van der Waals surface area contributed by atoms with Gasteiger partial charge in [0.05, 0.1) is 7.11 Å². The van der Waals surface area contributed by atoms with E-state index in [0.29, 0.717) is 6.54 Å². The smallest absolute Gasteiger partial charge is 0.246 e.